The first kappa shape index (κ1) is 32.7. The lowest BCUT2D eigenvalue weighted by Crippen LogP contribution is -2.32. The molecule has 13 rings (SSSR count). The van der Waals surface area contributed by atoms with Crippen LogP contribution in [-0.4, -0.2) is 9.97 Å². The van der Waals surface area contributed by atoms with Gasteiger partial charge in [-0.1, -0.05) is 164 Å². The van der Waals surface area contributed by atoms with E-state index in [1.807, 2.05) is 0 Å². The molecule has 0 saturated heterocycles. The lowest BCUT2D eigenvalue weighted by molar-refractivity contribution is 0.436. The van der Waals surface area contributed by atoms with Crippen molar-refractivity contribution in [2.75, 3.05) is 0 Å². The summed E-state index contributed by atoms with van der Waals surface area (Å²) in [6.07, 6.45) is 0. The van der Waals surface area contributed by atoms with E-state index in [9.17, 15) is 0 Å². The van der Waals surface area contributed by atoms with Gasteiger partial charge in [-0.3, -0.25) is 0 Å². The van der Waals surface area contributed by atoms with E-state index in [4.69, 9.17) is 14.7 Å². The summed E-state index contributed by atoms with van der Waals surface area (Å²) in [7, 11) is 0. The van der Waals surface area contributed by atoms with Gasteiger partial charge in [0.05, 0.1) is 21.3 Å². The van der Waals surface area contributed by atoms with Crippen LogP contribution in [0.15, 0.2) is 194 Å². The minimum Gasteiger partial charge on any atom is -0.457 e. The van der Waals surface area contributed by atoms with Crippen LogP contribution in [0.5, 0.6) is 11.5 Å². The number of thiophene rings is 1. The minimum absolute atomic E-state index is 0.553. The van der Waals surface area contributed by atoms with Crippen molar-refractivity contribution in [3.63, 3.8) is 0 Å². The maximum atomic E-state index is 6.65. The molecule has 1 aliphatic carbocycles. The molecule has 0 radical (unpaired) electrons. The highest BCUT2D eigenvalue weighted by Crippen LogP contribution is 2.63. The Morgan fingerprint density at radius 1 is 0.424 bits per heavy atom. The van der Waals surface area contributed by atoms with Crippen LogP contribution in [-0.2, 0) is 5.41 Å². The van der Waals surface area contributed by atoms with Crippen molar-refractivity contribution in [2.45, 2.75) is 5.41 Å². The smallest absolute Gasteiger partial charge is 0.160 e. The number of para-hydroxylation sites is 2. The Bertz CT molecular complexity index is 3500. The molecule has 0 saturated carbocycles. The van der Waals surface area contributed by atoms with Crippen molar-refractivity contribution < 1.29 is 4.74 Å². The van der Waals surface area contributed by atoms with Gasteiger partial charge in [-0.2, -0.15) is 0 Å². The average molecular weight is 769 g/mol. The Labute approximate surface area is 344 Å². The third kappa shape index (κ3) is 4.63. The first-order chi connectivity index (χ1) is 29.2. The van der Waals surface area contributed by atoms with Gasteiger partial charge in [0.2, 0.25) is 0 Å². The van der Waals surface area contributed by atoms with Crippen LogP contribution in [0.25, 0.3) is 86.7 Å². The van der Waals surface area contributed by atoms with E-state index < -0.39 is 5.41 Å². The highest BCUT2D eigenvalue weighted by Gasteiger charge is 2.51. The third-order valence-corrected chi connectivity index (χ3v) is 13.7. The first-order valence-electron chi connectivity index (χ1n) is 20.1. The van der Waals surface area contributed by atoms with Crippen molar-refractivity contribution in [3.8, 4) is 56.4 Å². The number of aromatic nitrogens is 2. The number of fused-ring (bicyclic) bond motifs is 15. The van der Waals surface area contributed by atoms with Gasteiger partial charge in [-0.15, -0.1) is 11.3 Å². The zero-order valence-corrected chi connectivity index (χ0v) is 32.5. The minimum atomic E-state index is -0.553. The van der Waals surface area contributed by atoms with Gasteiger partial charge >= 0.3 is 0 Å². The van der Waals surface area contributed by atoms with E-state index in [0.29, 0.717) is 0 Å². The molecule has 9 aromatic carbocycles. The fourth-order valence-electron chi connectivity index (χ4n) is 9.91. The first-order valence-corrected chi connectivity index (χ1v) is 20.9. The molecule has 3 nitrogen and oxygen atoms in total. The number of hydrogen-bond donors (Lipinski definition) is 0. The summed E-state index contributed by atoms with van der Waals surface area (Å²) in [4.78, 5) is 10.6. The highest BCUT2D eigenvalue weighted by molar-refractivity contribution is 7.26. The zero-order valence-electron chi connectivity index (χ0n) is 31.7. The molecule has 1 spiro atoms. The van der Waals surface area contributed by atoms with Gasteiger partial charge in [0, 0.05) is 32.3 Å². The van der Waals surface area contributed by atoms with Gasteiger partial charge in [-0.25, -0.2) is 9.97 Å². The maximum Gasteiger partial charge on any atom is 0.160 e. The van der Waals surface area contributed by atoms with E-state index in [-0.39, 0.29) is 0 Å². The second kappa shape index (κ2) is 12.3. The van der Waals surface area contributed by atoms with E-state index >= 15 is 0 Å². The van der Waals surface area contributed by atoms with Crippen molar-refractivity contribution in [2.24, 2.45) is 0 Å². The lowest BCUT2D eigenvalue weighted by atomic mass is 9.66. The monoisotopic (exact) mass is 768 g/mol. The van der Waals surface area contributed by atoms with Crippen LogP contribution in [0.1, 0.15) is 22.3 Å². The van der Waals surface area contributed by atoms with Crippen molar-refractivity contribution in [1.82, 2.24) is 9.97 Å². The molecule has 0 atom stereocenters. The predicted molar refractivity (Wildman–Crippen MR) is 244 cm³/mol. The molecule has 1 aliphatic heterocycles. The van der Waals surface area contributed by atoms with Crippen molar-refractivity contribution in [1.29, 1.82) is 0 Å². The van der Waals surface area contributed by atoms with E-state index in [1.54, 1.807) is 11.3 Å². The molecule has 3 heterocycles. The van der Waals surface area contributed by atoms with Crippen LogP contribution in [0.4, 0.5) is 0 Å². The highest BCUT2D eigenvalue weighted by atomic mass is 32.1. The molecule has 11 aromatic rings. The Hall–Kier alpha value is -7.40. The predicted octanol–water partition coefficient (Wildman–Crippen LogP) is 14.6. The van der Waals surface area contributed by atoms with Crippen LogP contribution < -0.4 is 4.74 Å². The molecule has 0 N–H and O–H groups in total. The van der Waals surface area contributed by atoms with Gasteiger partial charge < -0.3 is 4.74 Å². The third-order valence-electron chi connectivity index (χ3n) is 12.5. The van der Waals surface area contributed by atoms with Crippen LogP contribution >= 0.6 is 11.3 Å². The maximum absolute atomic E-state index is 6.65. The summed E-state index contributed by atoms with van der Waals surface area (Å²) in [5, 5.41) is 6.04. The Morgan fingerprint density at radius 3 is 1.86 bits per heavy atom. The SMILES string of the molecule is c1ccc2c(c1)Oc1ccccc1C21c2cc(-c3ccc(-c4nc(-c5ccc6ccccc6c5)nc5c4sc4ccccc45)cc3)ccc2-c2c1ccc1ccccc21. The molecule has 2 aliphatic rings. The van der Waals surface area contributed by atoms with Gasteiger partial charge in [-0.05, 0) is 85.3 Å². The zero-order chi connectivity index (χ0) is 38.7. The van der Waals surface area contributed by atoms with Crippen LogP contribution in [0.3, 0.4) is 0 Å². The standard InChI is InChI=1S/C55H32N2OS/c1-2-13-37-31-39(26-23-33(37)11-1)54-56-51(53-52(57-54)42-15-5-10-20-49(42)59-53)36-24-21-34(22-25-36)38-27-29-41-46(32-38)55(45-30-28-35-12-3-4-14-40(35)50(41)45)43-16-6-8-18-47(43)58-48-19-9-7-17-44(48)55/h1-32H. The molecule has 2 aromatic heterocycles. The summed E-state index contributed by atoms with van der Waals surface area (Å²) in [5.74, 6) is 2.53. The van der Waals surface area contributed by atoms with E-state index in [0.717, 1.165) is 55.3 Å². The molecule has 4 heteroatoms. The summed E-state index contributed by atoms with van der Waals surface area (Å²) < 4.78 is 8.96. The number of ether oxygens (including phenoxy) is 1. The fourth-order valence-corrected chi connectivity index (χ4v) is 11.1. The summed E-state index contributed by atoms with van der Waals surface area (Å²) in [6, 6.07) is 70.1. The summed E-state index contributed by atoms with van der Waals surface area (Å²) in [5.41, 5.74) is 13.3. The Morgan fingerprint density at radius 2 is 1.05 bits per heavy atom. The Kier molecular flexibility index (Phi) is 6.81. The lowest BCUT2D eigenvalue weighted by Gasteiger charge is -2.39. The van der Waals surface area contributed by atoms with Gasteiger partial charge in [0.1, 0.15) is 11.5 Å². The molecular weight excluding hydrogens is 737 g/mol. The number of rotatable bonds is 3. The number of nitrogens with zero attached hydrogens (tertiary/aromatic N) is 2. The summed E-state index contributed by atoms with van der Waals surface area (Å²) >= 11 is 1.76. The van der Waals surface area contributed by atoms with Crippen LogP contribution in [0, 0.1) is 0 Å². The van der Waals surface area contributed by atoms with E-state index in [2.05, 4.69) is 194 Å². The van der Waals surface area contributed by atoms with Gasteiger partial charge in [0.15, 0.2) is 5.82 Å². The molecular formula is C55H32N2OS. The molecule has 0 unspecified atom stereocenters. The molecule has 59 heavy (non-hydrogen) atoms. The van der Waals surface area contributed by atoms with E-state index in [1.165, 1.54) is 65.2 Å². The van der Waals surface area contributed by atoms with Gasteiger partial charge in [0.25, 0.3) is 0 Å². The van der Waals surface area contributed by atoms with Crippen molar-refractivity contribution in [3.05, 3.63) is 216 Å². The fraction of sp³-hybridized carbons (Fsp3) is 0.0182. The second-order valence-electron chi connectivity index (χ2n) is 15.6. The average Bonchev–Trinajstić information content (AvgIpc) is 3.82. The largest absolute Gasteiger partial charge is 0.457 e. The van der Waals surface area contributed by atoms with Crippen molar-refractivity contribution >= 4 is 53.2 Å². The topological polar surface area (TPSA) is 35.0 Å². The number of hydrogen-bond acceptors (Lipinski definition) is 4. The summed E-state index contributed by atoms with van der Waals surface area (Å²) in [6.45, 7) is 0. The Balaban J connectivity index is 0.997. The normalized spacial score (nSPS) is 13.4. The second-order valence-corrected chi connectivity index (χ2v) is 16.7. The molecule has 0 amide bonds. The molecule has 0 fully saturated rings. The van der Waals surface area contributed by atoms with Crippen LogP contribution in [0.2, 0.25) is 0 Å². The molecule has 0 bridgehead atoms. The number of benzene rings is 9. The quantitative estimate of drug-likeness (QED) is 0.180. The molecule has 274 valence electrons.